The first-order chi connectivity index (χ1) is 7.92. The normalized spacial score (nSPS) is 11.5. The molecule has 0 aliphatic rings. The molecule has 0 aromatic rings. The second kappa shape index (κ2) is 12.5. The molecule has 0 spiro atoms. The molecule has 0 amide bonds. The first-order valence-electron chi connectivity index (χ1n) is 5.23. The van der Waals surface area contributed by atoms with Gasteiger partial charge in [-0.3, -0.25) is 13.7 Å². The summed E-state index contributed by atoms with van der Waals surface area (Å²) in [7, 11) is -8.89. The van der Waals surface area contributed by atoms with E-state index in [-0.39, 0.29) is 36.2 Å². The van der Waals surface area contributed by atoms with Crippen molar-refractivity contribution in [3.63, 3.8) is 0 Å². The fraction of sp³-hybridized carbons (Fsp3) is 1.00. The molecule has 0 aliphatic heterocycles. The van der Waals surface area contributed by atoms with Gasteiger partial charge in [0, 0.05) is 0 Å². The van der Waals surface area contributed by atoms with Crippen LogP contribution in [0.2, 0.25) is 0 Å². The average molecular weight is 332 g/mol. The Kier molecular flexibility index (Phi) is 16.2. The summed E-state index contributed by atoms with van der Waals surface area (Å²) < 4.78 is 64.2. The van der Waals surface area contributed by atoms with Crippen molar-refractivity contribution < 1.29 is 34.7 Å². The van der Waals surface area contributed by atoms with Crippen molar-refractivity contribution >= 4 is 50.4 Å². The molecule has 0 radical (unpaired) electrons. The molecule has 3 N–H and O–H groups in total. The van der Waals surface area contributed by atoms with Crippen LogP contribution in [-0.2, 0) is 25.0 Å². The van der Waals surface area contributed by atoms with Crippen LogP contribution in [0, 0.1) is 5.92 Å². The fourth-order valence-electron chi connectivity index (χ4n) is 0.996. The van der Waals surface area contributed by atoms with E-state index in [9.17, 15) is 8.42 Å². The molecule has 0 fully saturated rings. The molecule has 0 bridgehead atoms. The van der Waals surface area contributed by atoms with Gasteiger partial charge in [-0.05, 0) is 12.3 Å². The third kappa shape index (κ3) is 45.5. The molecule has 114 valence electrons. The molecule has 0 atom stereocenters. The molecule has 0 saturated carbocycles. The van der Waals surface area contributed by atoms with Crippen molar-refractivity contribution in [1.29, 1.82) is 0 Å². The zero-order valence-corrected chi connectivity index (χ0v) is 11.9. The van der Waals surface area contributed by atoms with Gasteiger partial charge in [0.15, 0.2) is 0 Å². The van der Waals surface area contributed by atoms with E-state index in [0.717, 1.165) is 19.3 Å². The summed E-state index contributed by atoms with van der Waals surface area (Å²) in [5, 5.41) is 0. The van der Waals surface area contributed by atoms with Crippen LogP contribution in [0.25, 0.3) is 0 Å². The molecule has 8 nitrogen and oxygen atoms in total. The fourth-order valence-corrected chi connectivity index (χ4v) is 1.32. The Balaban J connectivity index is -0.000000366. The van der Waals surface area contributed by atoms with Crippen molar-refractivity contribution in [3.05, 3.63) is 0 Å². The topological polar surface area (TPSA) is 138 Å². The quantitative estimate of drug-likeness (QED) is 0.352. The summed E-state index contributed by atoms with van der Waals surface area (Å²) >= 11 is 0. The average Bonchev–Trinajstić information content (AvgIpc) is 2.05. The van der Waals surface area contributed by atoms with E-state index < -0.39 is 20.8 Å². The Hall–Kier alpha value is 0.740. The van der Waals surface area contributed by atoms with Gasteiger partial charge in [0.2, 0.25) is 0 Å². The number of unbranched alkanes of at least 4 members (excludes halogenated alkanes) is 2. The maximum absolute atomic E-state index is 10.1. The van der Waals surface area contributed by atoms with Crippen molar-refractivity contribution in [1.82, 2.24) is 0 Å². The summed E-state index contributed by atoms with van der Waals surface area (Å²) in [6.07, 6.45) is 3.83. The molecule has 0 aromatic heterocycles. The molecular weight excluding hydrogens is 311 g/mol. The van der Waals surface area contributed by atoms with Crippen LogP contribution in [0.3, 0.4) is 0 Å². The minimum absolute atomic E-state index is 0. The Morgan fingerprint density at radius 2 is 1.37 bits per heavy atom. The molecule has 0 unspecified atom stereocenters. The molecule has 0 aromatic carbocycles. The molecule has 0 heterocycles. The van der Waals surface area contributed by atoms with Gasteiger partial charge in [-0.2, -0.15) is 16.8 Å². The maximum atomic E-state index is 10.1. The summed E-state index contributed by atoms with van der Waals surface area (Å²) in [6, 6.07) is 0. The molecule has 19 heavy (non-hydrogen) atoms. The van der Waals surface area contributed by atoms with Gasteiger partial charge >= 0.3 is 50.4 Å². The van der Waals surface area contributed by atoms with E-state index in [2.05, 4.69) is 18.0 Å². The first kappa shape index (κ1) is 24.7. The molecule has 0 saturated heterocycles. The van der Waals surface area contributed by atoms with Gasteiger partial charge in [-0.15, -0.1) is 0 Å². The van der Waals surface area contributed by atoms with Crippen LogP contribution in [0.5, 0.6) is 0 Å². The van der Waals surface area contributed by atoms with Crippen LogP contribution >= 0.6 is 0 Å². The second-order valence-electron chi connectivity index (χ2n) is 3.94. The Morgan fingerprint density at radius 1 is 0.947 bits per heavy atom. The number of hydrogen-bond donors (Lipinski definition) is 3. The monoisotopic (exact) mass is 332 g/mol. The Bertz CT molecular complexity index is 381. The van der Waals surface area contributed by atoms with Crippen molar-refractivity contribution in [2.24, 2.45) is 5.92 Å². The van der Waals surface area contributed by atoms with E-state index in [1.165, 1.54) is 0 Å². The summed E-state index contributed by atoms with van der Waals surface area (Å²) in [5.74, 6) is 0.683. The van der Waals surface area contributed by atoms with Crippen molar-refractivity contribution in [2.75, 3.05) is 6.61 Å². The van der Waals surface area contributed by atoms with E-state index in [4.69, 9.17) is 22.1 Å². The molecule has 11 heteroatoms. The molecule has 0 aliphatic carbocycles. The van der Waals surface area contributed by atoms with E-state index in [1.807, 2.05) is 0 Å². The van der Waals surface area contributed by atoms with Gasteiger partial charge in [0.25, 0.3) is 0 Å². The zero-order valence-electron chi connectivity index (χ0n) is 10.3. The van der Waals surface area contributed by atoms with Gasteiger partial charge in [0.05, 0.1) is 6.61 Å². The number of rotatable bonds is 7. The van der Waals surface area contributed by atoms with Gasteiger partial charge in [-0.1, -0.05) is 33.1 Å². The summed E-state index contributed by atoms with van der Waals surface area (Å²) in [5.41, 5.74) is 0. The van der Waals surface area contributed by atoms with Crippen LogP contribution < -0.4 is 0 Å². The standard InChI is InChI=1S/C8H18O4S.Na.H2O4S.H/c1-8(2)6-4-3-5-7-12-13(9,10)11;;1-5(2,3)4;/h8H,3-7H2,1-2H3,(H,9,10,11);;(H2,1,2,3,4);. The van der Waals surface area contributed by atoms with E-state index in [1.54, 1.807) is 0 Å². The van der Waals surface area contributed by atoms with E-state index >= 15 is 0 Å². The van der Waals surface area contributed by atoms with Crippen LogP contribution in [0.4, 0.5) is 0 Å². The minimum atomic E-state index is -4.67. The van der Waals surface area contributed by atoms with Crippen LogP contribution in [-0.4, -0.2) is 66.7 Å². The van der Waals surface area contributed by atoms with Gasteiger partial charge < -0.3 is 0 Å². The van der Waals surface area contributed by atoms with Crippen molar-refractivity contribution in [3.8, 4) is 0 Å². The Labute approximate surface area is 136 Å². The van der Waals surface area contributed by atoms with Crippen LogP contribution in [0.1, 0.15) is 39.5 Å². The zero-order chi connectivity index (χ0) is 14.8. The van der Waals surface area contributed by atoms with E-state index in [0.29, 0.717) is 12.3 Å². The predicted molar refractivity (Wildman–Crippen MR) is 72.1 cm³/mol. The third-order valence-corrected chi connectivity index (χ3v) is 2.12. The predicted octanol–water partition coefficient (Wildman–Crippen LogP) is 0.721. The summed E-state index contributed by atoms with van der Waals surface area (Å²) in [6.45, 7) is 4.38. The molecular formula is C8H21NaO8S2. The van der Waals surface area contributed by atoms with Crippen LogP contribution in [0.15, 0.2) is 0 Å². The summed E-state index contributed by atoms with van der Waals surface area (Å²) in [4.78, 5) is 0. The van der Waals surface area contributed by atoms with Gasteiger partial charge in [-0.25, -0.2) is 4.18 Å². The first-order valence-corrected chi connectivity index (χ1v) is 7.99. The van der Waals surface area contributed by atoms with Crippen molar-refractivity contribution in [2.45, 2.75) is 39.5 Å². The van der Waals surface area contributed by atoms with Gasteiger partial charge in [0.1, 0.15) is 0 Å². The Morgan fingerprint density at radius 3 is 1.68 bits per heavy atom. The SMILES string of the molecule is CC(C)CCCCCOS(=O)(=O)O.O=S(=O)(O)O.[NaH]. The second-order valence-corrected chi connectivity index (χ2v) is 5.93. The third-order valence-electron chi connectivity index (χ3n) is 1.66. The number of hydrogen-bond acceptors (Lipinski definition) is 5. The molecule has 0 rings (SSSR count).